The first kappa shape index (κ1) is 27.3. The van der Waals surface area contributed by atoms with Gasteiger partial charge in [0.1, 0.15) is 0 Å². The smallest absolute Gasteiger partial charge is 0.243 e. The molecule has 3 heterocycles. The van der Waals surface area contributed by atoms with Crippen LogP contribution in [0.5, 0.6) is 0 Å². The van der Waals surface area contributed by atoms with Crippen LogP contribution in [0, 0.1) is 23.1 Å². The molecule has 210 valence electrons. The van der Waals surface area contributed by atoms with Crippen molar-refractivity contribution in [3.05, 3.63) is 11.1 Å². The van der Waals surface area contributed by atoms with E-state index in [1.807, 2.05) is 0 Å². The second-order valence-corrected chi connectivity index (χ2v) is 11.4. The number of carbonyl (C=O) groups is 2. The summed E-state index contributed by atoms with van der Waals surface area (Å²) >= 11 is 6.09. The molecule has 2 amide bonds. The summed E-state index contributed by atoms with van der Waals surface area (Å²) in [4.78, 5) is 40.4. The van der Waals surface area contributed by atoms with E-state index in [-0.39, 0.29) is 35.4 Å². The van der Waals surface area contributed by atoms with Crippen molar-refractivity contribution in [1.29, 1.82) is 0 Å². The summed E-state index contributed by atoms with van der Waals surface area (Å²) in [6.07, 6.45) is 8.68. The van der Waals surface area contributed by atoms with Gasteiger partial charge in [0.05, 0.1) is 18.6 Å². The van der Waals surface area contributed by atoms with E-state index in [2.05, 4.69) is 20.8 Å². The van der Waals surface area contributed by atoms with Gasteiger partial charge in [0.2, 0.25) is 23.4 Å². The molecule has 0 aromatic carbocycles. The first-order valence-electron chi connectivity index (χ1n) is 13.6. The molecule has 1 aromatic rings. The van der Waals surface area contributed by atoms with Crippen LogP contribution in [0.4, 0.5) is 16.0 Å². The largest absolute Gasteiger partial charge is 0.391 e. The summed E-state index contributed by atoms with van der Waals surface area (Å²) in [5.41, 5.74) is 4.93. The molecule has 1 spiro atoms. The Morgan fingerprint density at radius 1 is 1.29 bits per heavy atom. The van der Waals surface area contributed by atoms with E-state index in [9.17, 15) is 14.7 Å². The molecule has 4 fully saturated rings. The third-order valence-corrected chi connectivity index (χ3v) is 8.45. The van der Waals surface area contributed by atoms with Crippen molar-refractivity contribution in [2.24, 2.45) is 17.3 Å². The number of carbonyl (C=O) groups excluding carboxylic acids is 2. The number of aromatic nitrogens is 2. The van der Waals surface area contributed by atoms with E-state index >= 15 is 4.39 Å². The van der Waals surface area contributed by atoms with Gasteiger partial charge < -0.3 is 14.7 Å². The molecule has 2 aliphatic heterocycles. The summed E-state index contributed by atoms with van der Waals surface area (Å²) in [5.74, 6) is -1.69. The molecule has 13 heteroatoms. The number of aliphatic hydroxyl groups is 1. The number of hydrogen-bond acceptors (Lipinski definition) is 9. The van der Waals surface area contributed by atoms with Crippen molar-refractivity contribution < 1.29 is 28.7 Å². The Kier molecular flexibility index (Phi) is 8.51. The normalized spacial score (nSPS) is 25.4. The zero-order valence-electron chi connectivity index (χ0n) is 21.4. The third-order valence-electron chi connectivity index (χ3n) is 8.28. The predicted molar refractivity (Wildman–Crippen MR) is 136 cm³/mol. The molecule has 1 aromatic heterocycles. The van der Waals surface area contributed by atoms with Crippen LogP contribution >= 0.6 is 11.6 Å². The Labute approximate surface area is 226 Å². The predicted octanol–water partition coefficient (Wildman–Crippen LogP) is 2.79. The SMILES string of the molecule is O=CN(C[C@@H](CC1CCCC1)C(=O)NNc1nc(Cl)nc(N2CC(O)C3(CC3)C2)c1F)OC1CCCCO1. The molecule has 3 atom stereocenters. The standard InChI is InChI=1S/C25H36ClFN6O5/c26-24-28-21(20(27)22(29-24)32-13-18(35)25(14-32)8-9-25)30-31-23(36)17(11-16-5-1-2-6-16)12-33(15-34)38-19-7-3-4-10-37-19/h15-19,35H,1-14H2,(H,31,36)(H,28,29,30)/t17-,18?,19?/m1/s1. The average molecular weight is 555 g/mol. The lowest BCUT2D eigenvalue weighted by Gasteiger charge is -2.30. The van der Waals surface area contributed by atoms with E-state index in [4.69, 9.17) is 21.2 Å². The second kappa shape index (κ2) is 11.8. The van der Waals surface area contributed by atoms with Gasteiger partial charge in [-0.2, -0.15) is 14.4 Å². The van der Waals surface area contributed by atoms with E-state index in [1.54, 1.807) is 4.90 Å². The summed E-state index contributed by atoms with van der Waals surface area (Å²) in [6.45, 7) is 1.35. The van der Waals surface area contributed by atoms with Gasteiger partial charge in [-0.25, -0.2) is 9.90 Å². The van der Waals surface area contributed by atoms with Crippen LogP contribution in [0.1, 0.15) is 64.2 Å². The highest BCUT2D eigenvalue weighted by molar-refractivity contribution is 6.28. The van der Waals surface area contributed by atoms with Gasteiger partial charge >= 0.3 is 0 Å². The quantitative estimate of drug-likeness (QED) is 0.215. The minimum absolute atomic E-state index is 0.0138. The van der Waals surface area contributed by atoms with Crippen molar-refractivity contribution in [2.75, 3.05) is 36.6 Å². The number of hydrogen-bond donors (Lipinski definition) is 3. The minimum Gasteiger partial charge on any atom is -0.391 e. The van der Waals surface area contributed by atoms with Crippen LogP contribution in [0.15, 0.2) is 0 Å². The minimum atomic E-state index is -0.765. The zero-order valence-corrected chi connectivity index (χ0v) is 22.2. The molecule has 2 unspecified atom stereocenters. The number of aliphatic hydroxyl groups excluding tert-OH is 1. The van der Waals surface area contributed by atoms with Crippen molar-refractivity contribution in [2.45, 2.75) is 76.6 Å². The van der Waals surface area contributed by atoms with Crippen LogP contribution in [0.25, 0.3) is 0 Å². The number of ether oxygens (including phenoxy) is 1. The van der Waals surface area contributed by atoms with Crippen LogP contribution < -0.4 is 15.8 Å². The van der Waals surface area contributed by atoms with Gasteiger partial charge in [0.25, 0.3) is 0 Å². The molecule has 5 rings (SSSR count). The van der Waals surface area contributed by atoms with Gasteiger partial charge in [-0.3, -0.25) is 20.4 Å². The van der Waals surface area contributed by atoms with Gasteiger partial charge in [-0.15, -0.1) is 0 Å². The number of nitrogens with zero attached hydrogens (tertiary/aromatic N) is 4. The van der Waals surface area contributed by atoms with Crippen LogP contribution in [0.3, 0.4) is 0 Å². The zero-order chi connectivity index (χ0) is 26.7. The van der Waals surface area contributed by atoms with Crippen molar-refractivity contribution in [3.8, 4) is 0 Å². The third kappa shape index (κ3) is 6.30. The fourth-order valence-corrected chi connectivity index (χ4v) is 6.04. The Morgan fingerprint density at radius 3 is 2.71 bits per heavy atom. The van der Waals surface area contributed by atoms with E-state index < -0.39 is 30.0 Å². The monoisotopic (exact) mass is 554 g/mol. The highest BCUT2D eigenvalue weighted by Crippen LogP contribution is 2.53. The Balaban J connectivity index is 1.24. The molecule has 2 saturated carbocycles. The van der Waals surface area contributed by atoms with E-state index in [0.717, 1.165) is 56.4 Å². The van der Waals surface area contributed by atoms with Crippen molar-refractivity contribution in [1.82, 2.24) is 20.5 Å². The lowest BCUT2D eigenvalue weighted by atomic mass is 9.92. The van der Waals surface area contributed by atoms with Crippen LogP contribution in [-0.4, -0.2) is 71.1 Å². The number of halogens is 2. The molecular formula is C25H36ClFN6O5. The fourth-order valence-electron chi connectivity index (χ4n) is 5.88. The second-order valence-electron chi connectivity index (χ2n) is 11.0. The maximum Gasteiger partial charge on any atom is 0.243 e. The highest BCUT2D eigenvalue weighted by atomic mass is 35.5. The van der Waals surface area contributed by atoms with Gasteiger partial charge in [-0.05, 0) is 49.6 Å². The van der Waals surface area contributed by atoms with E-state index in [1.165, 1.54) is 0 Å². The Morgan fingerprint density at radius 2 is 2.05 bits per heavy atom. The Bertz CT molecular complexity index is 1000. The van der Waals surface area contributed by atoms with Gasteiger partial charge in [0, 0.05) is 31.5 Å². The number of rotatable bonds is 11. The molecule has 0 radical (unpaired) electrons. The number of β-amino-alcohol motifs (C(OH)–C–C–N with tert-alkyl or cyclic N) is 1. The van der Waals surface area contributed by atoms with Crippen molar-refractivity contribution >= 4 is 35.6 Å². The number of hydroxylamine groups is 2. The summed E-state index contributed by atoms with van der Waals surface area (Å²) in [5, 5.41) is 11.3. The lowest BCUT2D eigenvalue weighted by molar-refractivity contribution is -0.276. The lowest BCUT2D eigenvalue weighted by Crippen LogP contribution is -2.43. The topological polar surface area (TPSA) is 129 Å². The molecule has 38 heavy (non-hydrogen) atoms. The first-order chi connectivity index (χ1) is 18.4. The molecule has 2 aliphatic carbocycles. The van der Waals surface area contributed by atoms with E-state index in [0.29, 0.717) is 38.3 Å². The van der Waals surface area contributed by atoms with Gasteiger partial charge in [-0.1, -0.05) is 25.7 Å². The molecule has 11 nitrogen and oxygen atoms in total. The maximum atomic E-state index is 15.4. The molecule has 3 N–H and O–H groups in total. The molecular weight excluding hydrogens is 519 g/mol. The molecule has 0 bridgehead atoms. The Hall–Kier alpha value is -2.28. The number of amides is 2. The average Bonchev–Trinajstić information content (AvgIpc) is 3.37. The first-order valence-corrected chi connectivity index (χ1v) is 14.0. The number of nitrogens with one attached hydrogen (secondary N) is 2. The van der Waals surface area contributed by atoms with Crippen LogP contribution in [-0.2, 0) is 19.2 Å². The fraction of sp³-hybridized carbons (Fsp3) is 0.760. The highest BCUT2D eigenvalue weighted by Gasteiger charge is 2.55. The maximum absolute atomic E-state index is 15.4. The summed E-state index contributed by atoms with van der Waals surface area (Å²) in [7, 11) is 0. The van der Waals surface area contributed by atoms with Crippen LogP contribution in [0.2, 0.25) is 5.28 Å². The number of hydrazine groups is 1. The number of anilines is 2. The van der Waals surface area contributed by atoms with Gasteiger partial charge in [0.15, 0.2) is 17.9 Å². The van der Waals surface area contributed by atoms with Crippen molar-refractivity contribution in [3.63, 3.8) is 0 Å². The molecule has 2 saturated heterocycles. The summed E-state index contributed by atoms with van der Waals surface area (Å²) < 4.78 is 21.0. The molecule has 4 aliphatic rings. The summed E-state index contributed by atoms with van der Waals surface area (Å²) in [6, 6.07) is 0.